The maximum absolute atomic E-state index is 12.2. The molecule has 2 N–H and O–H groups in total. The van der Waals surface area contributed by atoms with Crippen molar-refractivity contribution < 1.29 is 9.84 Å². The molecule has 26 heavy (non-hydrogen) atoms. The number of aromatic amines is 1. The second-order valence-electron chi connectivity index (χ2n) is 5.30. The van der Waals surface area contributed by atoms with Crippen LogP contribution in [0.1, 0.15) is 11.4 Å². The Hall–Kier alpha value is -3.01. The van der Waals surface area contributed by atoms with Gasteiger partial charge in [0.1, 0.15) is 6.07 Å². The Balaban J connectivity index is 2.17. The third-order valence-corrected chi connectivity index (χ3v) is 4.15. The van der Waals surface area contributed by atoms with Crippen LogP contribution < -0.4 is 10.3 Å². The summed E-state index contributed by atoms with van der Waals surface area (Å²) < 4.78 is 5.04. The van der Waals surface area contributed by atoms with E-state index in [2.05, 4.69) is 9.97 Å². The molecule has 0 saturated heterocycles. The second-order valence-corrected chi connectivity index (χ2v) is 6.14. The number of H-pyrrole nitrogens is 1. The zero-order chi connectivity index (χ0) is 18.8. The third-order valence-electron chi connectivity index (χ3n) is 3.63. The molecule has 0 amide bonds. The summed E-state index contributed by atoms with van der Waals surface area (Å²) in [4.78, 5) is 19.1. The summed E-state index contributed by atoms with van der Waals surface area (Å²) in [6.07, 6.45) is 1.47. The van der Waals surface area contributed by atoms with E-state index in [4.69, 9.17) is 27.9 Å². The van der Waals surface area contributed by atoms with Crippen LogP contribution in [-0.4, -0.2) is 22.2 Å². The van der Waals surface area contributed by atoms with Gasteiger partial charge in [0.05, 0.1) is 28.6 Å². The number of hydrogen-bond acceptors (Lipinski definition) is 5. The molecule has 3 rings (SSSR count). The lowest BCUT2D eigenvalue weighted by atomic mass is 10.1. The number of nitrogens with one attached hydrogen (secondary N) is 1. The molecule has 1 heterocycles. The van der Waals surface area contributed by atoms with Crippen molar-refractivity contribution in [2.24, 2.45) is 0 Å². The van der Waals surface area contributed by atoms with Crippen molar-refractivity contribution in [1.82, 2.24) is 9.97 Å². The van der Waals surface area contributed by atoms with E-state index in [1.807, 2.05) is 6.07 Å². The summed E-state index contributed by atoms with van der Waals surface area (Å²) in [5, 5.41) is 20.1. The molecule has 2 aromatic carbocycles. The van der Waals surface area contributed by atoms with E-state index in [-0.39, 0.29) is 33.5 Å². The molecule has 0 unspecified atom stereocenters. The first-order chi connectivity index (χ1) is 12.4. The Bertz CT molecular complexity index is 1150. The van der Waals surface area contributed by atoms with E-state index in [0.717, 1.165) is 0 Å². The first-order valence-corrected chi connectivity index (χ1v) is 8.06. The number of phenols is 1. The maximum atomic E-state index is 12.2. The molecule has 0 radical (unpaired) electrons. The molecule has 0 spiro atoms. The third kappa shape index (κ3) is 3.36. The Morgan fingerprint density at radius 1 is 1.35 bits per heavy atom. The predicted octanol–water partition coefficient (Wildman–Crippen LogP) is 4.01. The number of fused-ring (bicyclic) bond motifs is 1. The lowest BCUT2D eigenvalue weighted by Gasteiger charge is -2.07. The van der Waals surface area contributed by atoms with Gasteiger partial charge in [-0.15, -0.1) is 0 Å². The highest BCUT2D eigenvalue weighted by molar-refractivity contribution is 6.32. The zero-order valence-corrected chi connectivity index (χ0v) is 14.9. The summed E-state index contributed by atoms with van der Waals surface area (Å²) >= 11 is 11.9. The number of allylic oxidation sites excluding steroid dienone is 1. The van der Waals surface area contributed by atoms with E-state index < -0.39 is 0 Å². The van der Waals surface area contributed by atoms with Crippen LogP contribution in [-0.2, 0) is 0 Å². The van der Waals surface area contributed by atoms with Gasteiger partial charge in [-0.05, 0) is 42.0 Å². The summed E-state index contributed by atoms with van der Waals surface area (Å²) in [6, 6.07) is 9.67. The van der Waals surface area contributed by atoms with Gasteiger partial charge in [0.25, 0.3) is 5.56 Å². The van der Waals surface area contributed by atoms with Gasteiger partial charge in [-0.3, -0.25) is 4.79 Å². The van der Waals surface area contributed by atoms with Crippen molar-refractivity contribution in [1.29, 1.82) is 5.26 Å². The predicted molar refractivity (Wildman–Crippen MR) is 101 cm³/mol. The van der Waals surface area contributed by atoms with Crippen LogP contribution in [0.15, 0.2) is 35.1 Å². The number of methoxy groups -OCH3 is 1. The van der Waals surface area contributed by atoms with Crippen molar-refractivity contribution in [3.05, 3.63) is 62.1 Å². The molecule has 0 fully saturated rings. The number of rotatable bonds is 3. The van der Waals surface area contributed by atoms with Crippen molar-refractivity contribution in [2.75, 3.05) is 7.11 Å². The number of ether oxygens (including phenoxy) is 1. The summed E-state index contributed by atoms with van der Waals surface area (Å²) in [5.74, 6) is 0.0555. The number of aromatic hydroxyl groups is 1. The van der Waals surface area contributed by atoms with Crippen LogP contribution in [0.25, 0.3) is 22.6 Å². The topological polar surface area (TPSA) is 99.0 Å². The number of phenolic OH excluding ortho intramolecular Hbond substituents is 1. The minimum Gasteiger partial charge on any atom is -0.503 e. The quantitative estimate of drug-likeness (QED) is 0.661. The Morgan fingerprint density at radius 2 is 2.12 bits per heavy atom. The number of hydrogen-bond donors (Lipinski definition) is 2. The van der Waals surface area contributed by atoms with Crippen LogP contribution in [0.2, 0.25) is 10.0 Å². The molecule has 0 bridgehead atoms. The van der Waals surface area contributed by atoms with Crippen LogP contribution in [0.4, 0.5) is 0 Å². The molecule has 1 aromatic heterocycles. The number of nitriles is 1. The Kier molecular flexibility index (Phi) is 4.85. The summed E-state index contributed by atoms with van der Waals surface area (Å²) in [6.45, 7) is 0. The van der Waals surface area contributed by atoms with E-state index in [1.165, 1.54) is 25.3 Å². The summed E-state index contributed by atoms with van der Waals surface area (Å²) in [5.41, 5.74) is 0.589. The van der Waals surface area contributed by atoms with Crippen molar-refractivity contribution in [2.45, 2.75) is 0 Å². The molecule has 0 atom stereocenters. The van der Waals surface area contributed by atoms with Gasteiger partial charge < -0.3 is 14.8 Å². The largest absolute Gasteiger partial charge is 0.503 e. The first-order valence-electron chi connectivity index (χ1n) is 7.31. The average Bonchev–Trinajstić information content (AvgIpc) is 2.61. The maximum Gasteiger partial charge on any atom is 0.259 e. The molecule has 0 saturated carbocycles. The monoisotopic (exact) mass is 387 g/mol. The highest BCUT2D eigenvalue weighted by atomic mass is 35.5. The Morgan fingerprint density at radius 3 is 2.81 bits per heavy atom. The minimum absolute atomic E-state index is 0.0691. The fourth-order valence-electron chi connectivity index (χ4n) is 2.39. The minimum atomic E-state index is -0.385. The van der Waals surface area contributed by atoms with Gasteiger partial charge in [0.2, 0.25) is 0 Å². The average molecular weight is 388 g/mol. The van der Waals surface area contributed by atoms with Crippen LogP contribution >= 0.6 is 23.2 Å². The van der Waals surface area contributed by atoms with Crippen LogP contribution in [0, 0.1) is 11.3 Å². The summed E-state index contributed by atoms with van der Waals surface area (Å²) in [7, 11) is 1.39. The van der Waals surface area contributed by atoms with Crippen molar-refractivity contribution in [3.8, 4) is 17.6 Å². The molecule has 6 nitrogen and oxygen atoms in total. The van der Waals surface area contributed by atoms with Gasteiger partial charge in [0, 0.05) is 5.02 Å². The molecule has 0 aliphatic rings. The molecule has 0 aliphatic carbocycles. The van der Waals surface area contributed by atoms with Gasteiger partial charge >= 0.3 is 0 Å². The van der Waals surface area contributed by atoms with Crippen LogP contribution in [0.3, 0.4) is 0 Å². The van der Waals surface area contributed by atoms with E-state index in [9.17, 15) is 15.2 Å². The van der Waals surface area contributed by atoms with Gasteiger partial charge in [-0.2, -0.15) is 5.26 Å². The lowest BCUT2D eigenvalue weighted by molar-refractivity contribution is 0.373. The van der Waals surface area contributed by atoms with Crippen molar-refractivity contribution >= 4 is 45.8 Å². The Labute approximate surface area is 157 Å². The van der Waals surface area contributed by atoms with Gasteiger partial charge in [-0.1, -0.05) is 23.2 Å². The van der Waals surface area contributed by atoms with Crippen molar-refractivity contribution in [3.63, 3.8) is 0 Å². The number of nitrogens with zero attached hydrogens (tertiary/aromatic N) is 2. The highest BCUT2D eigenvalue weighted by Gasteiger charge is 2.12. The highest BCUT2D eigenvalue weighted by Crippen LogP contribution is 2.35. The molecule has 0 aliphatic heterocycles. The molecule has 130 valence electrons. The van der Waals surface area contributed by atoms with Gasteiger partial charge in [0.15, 0.2) is 17.3 Å². The fourth-order valence-corrected chi connectivity index (χ4v) is 2.78. The van der Waals surface area contributed by atoms with E-state index in [0.29, 0.717) is 21.5 Å². The van der Waals surface area contributed by atoms with E-state index >= 15 is 0 Å². The number of aromatic nitrogens is 2. The number of benzene rings is 2. The normalized spacial score (nSPS) is 11.4. The molecular formula is C18H11Cl2N3O3. The SMILES string of the molecule is COc1cc(/C=C(\C#N)c2nc3cc(Cl)ccc3c(=O)[nH]2)cc(Cl)c1O. The molecule has 8 heteroatoms. The molecular weight excluding hydrogens is 377 g/mol. The van der Waals surface area contributed by atoms with Crippen LogP contribution in [0.5, 0.6) is 11.5 Å². The second kappa shape index (κ2) is 7.08. The lowest BCUT2D eigenvalue weighted by Crippen LogP contribution is -2.11. The first kappa shape index (κ1) is 17.8. The zero-order valence-electron chi connectivity index (χ0n) is 13.4. The van der Waals surface area contributed by atoms with Gasteiger partial charge in [-0.25, -0.2) is 4.98 Å². The molecule has 3 aromatic rings. The smallest absolute Gasteiger partial charge is 0.259 e. The fraction of sp³-hybridized carbons (Fsp3) is 0.0556. The standard InChI is InChI=1S/C18H11Cl2N3O3/c1-26-15-6-9(5-13(20)16(15)24)4-10(8-21)17-22-14-7-11(19)2-3-12(14)18(25)23-17/h2-7,24H,1H3,(H,22,23,25)/b10-4+. The number of halogens is 2. The van der Waals surface area contributed by atoms with E-state index in [1.54, 1.807) is 18.2 Å².